The molecule has 28 heavy (non-hydrogen) atoms. The van der Waals surface area contributed by atoms with Gasteiger partial charge in [-0.1, -0.05) is 116 Å². The monoisotopic (exact) mass is 386 g/mol. The van der Waals surface area contributed by atoms with E-state index in [4.69, 9.17) is 0 Å². The largest absolute Gasteiger partial charge is 0.0625 e. The van der Waals surface area contributed by atoms with E-state index in [1.807, 2.05) is 0 Å². The van der Waals surface area contributed by atoms with E-state index < -0.39 is 0 Å². The van der Waals surface area contributed by atoms with Crippen LogP contribution in [0.2, 0.25) is 0 Å². The first-order chi connectivity index (χ1) is 13.7. The van der Waals surface area contributed by atoms with E-state index in [2.05, 4.69) is 6.92 Å². The van der Waals surface area contributed by atoms with Gasteiger partial charge in [-0.3, -0.25) is 0 Å². The second kappa shape index (κ2) is 10.9. The van der Waals surface area contributed by atoms with Gasteiger partial charge in [-0.15, -0.1) is 0 Å². The lowest BCUT2D eigenvalue weighted by Gasteiger charge is -2.36. The highest BCUT2D eigenvalue weighted by Gasteiger charge is 2.29. The lowest BCUT2D eigenvalue weighted by atomic mass is 9.69. The topological polar surface area (TPSA) is 0 Å². The minimum atomic E-state index is 1.02. The fourth-order valence-electron chi connectivity index (χ4n) is 7.81. The summed E-state index contributed by atoms with van der Waals surface area (Å²) in [6.07, 6.45) is 31.2. The van der Waals surface area contributed by atoms with Crippen LogP contribution in [0.1, 0.15) is 135 Å². The molecule has 0 aromatic rings. The van der Waals surface area contributed by atoms with Crippen molar-refractivity contribution >= 4 is 0 Å². The molecule has 0 heterocycles. The average molecular weight is 387 g/mol. The molecule has 0 amide bonds. The van der Waals surface area contributed by atoms with Crippen LogP contribution in [0.15, 0.2) is 0 Å². The SMILES string of the molecule is CC1CCC(CC2CCC(CC3CCC(CC4CCCCC4)CC3)CC2)CC1. The minimum absolute atomic E-state index is 1.02. The maximum absolute atomic E-state index is 2.46. The Kier molecular flexibility index (Phi) is 8.24. The molecule has 4 fully saturated rings. The lowest BCUT2D eigenvalue weighted by molar-refractivity contribution is 0.157. The molecule has 4 aliphatic carbocycles. The van der Waals surface area contributed by atoms with E-state index in [0.29, 0.717) is 0 Å². The van der Waals surface area contributed by atoms with Gasteiger partial charge in [-0.2, -0.15) is 0 Å². The van der Waals surface area contributed by atoms with Crippen molar-refractivity contribution in [2.75, 3.05) is 0 Å². The minimum Gasteiger partial charge on any atom is -0.0625 e. The second-order valence-corrected chi connectivity index (χ2v) is 12.1. The molecule has 0 bridgehead atoms. The first-order valence-corrected chi connectivity index (χ1v) is 13.7. The molecule has 4 aliphatic rings. The molecule has 4 rings (SSSR count). The van der Waals surface area contributed by atoms with Gasteiger partial charge in [0.05, 0.1) is 0 Å². The zero-order valence-electron chi connectivity index (χ0n) is 19.2. The van der Waals surface area contributed by atoms with Crippen LogP contribution in [-0.4, -0.2) is 0 Å². The number of hydrogen-bond donors (Lipinski definition) is 0. The predicted octanol–water partition coefficient (Wildman–Crippen LogP) is 9.18. The molecular formula is C28H50. The van der Waals surface area contributed by atoms with Crippen molar-refractivity contribution in [3.63, 3.8) is 0 Å². The highest BCUT2D eigenvalue weighted by molar-refractivity contribution is 4.82. The number of hydrogen-bond acceptors (Lipinski definition) is 0. The fraction of sp³-hybridized carbons (Fsp3) is 1.00. The quantitative estimate of drug-likeness (QED) is 0.426. The van der Waals surface area contributed by atoms with Crippen molar-refractivity contribution in [2.24, 2.45) is 41.4 Å². The fourth-order valence-corrected chi connectivity index (χ4v) is 7.81. The molecule has 4 saturated carbocycles. The van der Waals surface area contributed by atoms with E-state index in [0.717, 1.165) is 41.4 Å². The average Bonchev–Trinajstić information content (AvgIpc) is 2.73. The van der Waals surface area contributed by atoms with Gasteiger partial charge < -0.3 is 0 Å². The highest BCUT2D eigenvalue weighted by atomic mass is 14.4. The summed E-state index contributed by atoms with van der Waals surface area (Å²) in [5.74, 6) is 7.63. The van der Waals surface area contributed by atoms with E-state index >= 15 is 0 Å². The van der Waals surface area contributed by atoms with Crippen LogP contribution in [-0.2, 0) is 0 Å². The van der Waals surface area contributed by atoms with E-state index in [-0.39, 0.29) is 0 Å². The molecule has 0 atom stereocenters. The van der Waals surface area contributed by atoms with Crippen molar-refractivity contribution in [2.45, 2.75) is 135 Å². The van der Waals surface area contributed by atoms with E-state index in [9.17, 15) is 0 Å². The van der Waals surface area contributed by atoms with E-state index in [1.54, 1.807) is 96.3 Å². The van der Waals surface area contributed by atoms with Crippen LogP contribution in [0.5, 0.6) is 0 Å². The van der Waals surface area contributed by atoms with Crippen molar-refractivity contribution in [1.82, 2.24) is 0 Å². The van der Waals surface area contributed by atoms with Gasteiger partial charge in [-0.05, 0) is 60.7 Å². The van der Waals surface area contributed by atoms with Crippen LogP contribution in [0.25, 0.3) is 0 Å². The maximum Gasteiger partial charge on any atom is -0.0411 e. The molecule has 0 N–H and O–H groups in total. The van der Waals surface area contributed by atoms with Crippen molar-refractivity contribution < 1.29 is 0 Å². The summed E-state index contributed by atoms with van der Waals surface area (Å²) in [4.78, 5) is 0. The maximum atomic E-state index is 2.46. The molecule has 0 spiro atoms. The third-order valence-corrected chi connectivity index (χ3v) is 9.79. The third kappa shape index (κ3) is 6.50. The summed E-state index contributed by atoms with van der Waals surface area (Å²) >= 11 is 0. The van der Waals surface area contributed by atoms with Crippen molar-refractivity contribution in [3.8, 4) is 0 Å². The van der Waals surface area contributed by atoms with Gasteiger partial charge in [0, 0.05) is 0 Å². The predicted molar refractivity (Wildman–Crippen MR) is 122 cm³/mol. The number of rotatable bonds is 6. The molecule has 0 nitrogen and oxygen atoms in total. The van der Waals surface area contributed by atoms with Crippen LogP contribution >= 0.6 is 0 Å². The normalized spacial score (nSPS) is 41.0. The standard InChI is InChI=1S/C28H50/c1-22-7-9-24(10-8-22)20-26-15-17-28(18-16-26)21-27-13-11-25(12-14-27)19-23-5-3-2-4-6-23/h22-28H,2-21H2,1H3. The zero-order valence-corrected chi connectivity index (χ0v) is 19.2. The van der Waals surface area contributed by atoms with Gasteiger partial charge in [0.25, 0.3) is 0 Å². The summed E-state index contributed by atoms with van der Waals surface area (Å²) < 4.78 is 0. The van der Waals surface area contributed by atoms with Crippen molar-refractivity contribution in [1.29, 1.82) is 0 Å². The first kappa shape index (κ1) is 21.2. The molecule has 0 saturated heterocycles. The first-order valence-electron chi connectivity index (χ1n) is 13.7. The molecule has 0 aliphatic heterocycles. The smallest absolute Gasteiger partial charge is 0.0411 e. The van der Waals surface area contributed by atoms with Crippen LogP contribution in [0.3, 0.4) is 0 Å². The molecular weight excluding hydrogens is 336 g/mol. The summed E-state index contributed by atoms with van der Waals surface area (Å²) in [5.41, 5.74) is 0. The van der Waals surface area contributed by atoms with Gasteiger partial charge in [0.1, 0.15) is 0 Å². The van der Waals surface area contributed by atoms with Gasteiger partial charge in [0.15, 0.2) is 0 Å². The molecule has 162 valence electrons. The second-order valence-electron chi connectivity index (χ2n) is 12.1. The summed E-state index contributed by atoms with van der Waals surface area (Å²) in [7, 11) is 0. The lowest BCUT2D eigenvalue weighted by Crippen LogP contribution is -2.23. The van der Waals surface area contributed by atoms with Crippen LogP contribution in [0.4, 0.5) is 0 Å². The van der Waals surface area contributed by atoms with Gasteiger partial charge in [-0.25, -0.2) is 0 Å². The van der Waals surface area contributed by atoms with Crippen LogP contribution in [0, 0.1) is 41.4 Å². The van der Waals surface area contributed by atoms with Crippen LogP contribution < -0.4 is 0 Å². The Morgan fingerprint density at radius 3 is 1.00 bits per heavy atom. The Balaban J connectivity index is 1.08. The van der Waals surface area contributed by atoms with E-state index in [1.165, 1.54) is 32.1 Å². The Labute approximate surface area is 177 Å². The Hall–Kier alpha value is 0. The third-order valence-electron chi connectivity index (χ3n) is 9.79. The molecule has 0 heteroatoms. The van der Waals surface area contributed by atoms with Crippen molar-refractivity contribution in [3.05, 3.63) is 0 Å². The molecule has 0 aromatic carbocycles. The Morgan fingerprint density at radius 2 is 0.643 bits per heavy atom. The summed E-state index contributed by atoms with van der Waals surface area (Å²) in [6, 6.07) is 0. The Morgan fingerprint density at radius 1 is 0.357 bits per heavy atom. The Bertz CT molecular complexity index is 409. The molecule has 0 aromatic heterocycles. The molecule has 0 radical (unpaired) electrons. The highest BCUT2D eigenvalue weighted by Crippen LogP contribution is 2.43. The molecule has 0 unspecified atom stereocenters. The summed E-state index contributed by atoms with van der Waals surface area (Å²) in [5, 5.41) is 0. The zero-order chi connectivity index (χ0) is 19.2. The summed E-state index contributed by atoms with van der Waals surface area (Å²) in [6.45, 7) is 2.46. The van der Waals surface area contributed by atoms with Gasteiger partial charge >= 0.3 is 0 Å². The van der Waals surface area contributed by atoms with Gasteiger partial charge in [0.2, 0.25) is 0 Å².